The third-order valence-electron chi connectivity index (χ3n) is 4.35. The van der Waals surface area contributed by atoms with Crippen LogP contribution in [0.4, 0.5) is 13.2 Å². The predicted molar refractivity (Wildman–Crippen MR) is 103 cm³/mol. The van der Waals surface area contributed by atoms with Gasteiger partial charge in [0.25, 0.3) is 0 Å². The van der Waals surface area contributed by atoms with Crippen molar-refractivity contribution in [3.05, 3.63) is 89.0 Å². The summed E-state index contributed by atoms with van der Waals surface area (Å²) in [6.45, 7) is 3.21. The van der Waals surface area contributed by atoms with Crippen LogP contribution in [-0.2, 0) is 24.1 Å². The molecule has 0 radical (unpaired) electrons. The number of aryl methyl sites for hydroxylation is 2. The second-order valence-corrected chi connectivity index (χ2v) is 6.70. The zero-order valence-electron chi connectivity index (χ0n) is 15.9. The Labute approximate surface area is 167 Å². The van der Waals surface area contributed by atoms with Crippen LogP contribution in [0.15, 0.2) is 60.8 Å². The van der Waals surface area contributed by atoms with Gasteiger partial charge in [-0.3, -0.25) is 4.79 Å². The number of hydrogen-bond donors (Lipinski definition) is 0. The molecule has 0 bridgehead atoms. The quantitative estimate of drug-likeness (QED) is 0.391. The van der Waals surface area contributed by atoms with Crippen molar-refractivity contribution in [3.8, 4) is 0 Å². The minimum Gasteiger partial charge on any atom is -0.377 e. The Kier molecular flexibility index (Phi) is 6.49. The SMILES string of the molecule is Cc1cn(CCCOCc2ccccc2)c(C(=O)c2cccc(C(F)(F)F)c2)n1. The van der Waals surface area contributed by atoms with E-state index in [1.165, 1.54) is 12.1 Å². The largest absolute Gasteiger partial charge is 0.416 e. The lowest BCUT2D eigenvalue weighted by Gasteiger charge is -2.10. The van der Waals surface area contributed by atoms with Gasteiger partial charge in [-0.15, -0.1) is 0 Å². The van der Waals surface area contributed by atoms with Crippen LogP contribution in [0.3, 0.4) is 0 Å². The van der Waals surface area contributed by atoms with Crippen molar-refractivity contribution in [1.82, 2.24) is 9.55 Å². The number of ketones is 1. The molecule has 0 aliphatic rings. The van der Waals surface area contributed by atoms with Crippen LogP contribution in [0.2, 0.25) is 0 Å². The summed E-state index contributed by atoms with van der Waals surface area (Å²) in [5.74, 6) is -0.403. The molecule has 0 aliphatic carbocycles. The third-order valence-corrected chi connectivity index (χ3v) is 4.35. The van der Waals surface area contributed by atoms with Gasteiger partial charge >= 0.3 is 6.18 Å². The first-order valence-electron chi connectivity index (χ1n) is 9.22. The molecule has 0 spiro atoms. The highest BCUT2D eigenvalue weighted by Gasteiger charge is 2.31. The van der Waals surface area contributed by atoms with E-state index in [1.807, 2.05) is 30.3 Å². The summed E-state index contributed by atoms with van der Waals surface area (Å²) >= 11 is 0. The second-order valence-electron chi connectivity index (χ2n) is 6.70. The number of benzene rings is 2. The van der Waals surface area contributed by atoms with E-state index >= 15 is 0 Å². The van der Waals surface area contributed by atoms with Crippen molar-refractivity contribution in [1.29, 1.82) is 0 Å². The third kappa shape index (κ3) is 5.54. The average Bonchev–Trinajstić information content (AvgIpc) is 3.08. The van der Waals surface area contributed by atoms with Crippen molar-refractivity contribution in [2.45, 2.75) is 32.7 Å². The smallest absolute Gasteiger partial charge is 0.377 e. The van der Waals surface area contributed by atoms with Crippen molar-refractivity contribution in [2.24, 2.45) is 0 Å². The van der Waals surface area contributed by atoms with Crippen molar-refractivity contribution in [2.75, 3.05) is 6.61 Å². The molecular formula is C22H21F3N2O2. The molecule has 0 N–H and O–H groups in total. The molecule has 0 saturated heterocycles. The zero-order chi connectivity index (χ0) is 20.9. The van der Waals surface area contributed by atoms with Crippen molar-refractivity contribution < 1.29 is 22.7 Å². The van der Waals surface area contributed by atoms with Crippen LogP contribution in [0.1, 0.15) is 39.4 Å². The zero-order valence-corrected chi connectivity index (χ0v) is 15.9. The lowest BCUT2D eigenvalue weighted by molar-refractivity contribution is -0.137. The highest BCUT2D eigenvalue weighted by atomic mass is 19.4. The Bertz CT molecular complexity index is 966. The van der Waals surface area contributed by atoms with Gasteiger partial charge in [-0.1, -0.05) is 42.5 Å². The fraction of sp³-hybridized carbons (Fsp3) is 0.273. The fourth-order valence-electron chi connectivity index (χ4n) is 2.97. The van der Waals surface area contributed by atoms with Gasteiger partial charge in [0.15, 0.2) is 5.82 Å². The first kappa shape index (κ1) is 20.8. The van der Waals surface area contributed by atoms with Crippen LogP contribution < -0.4 is 0 Å². The standard InChI is InChI=1S/C22H21F3N2O2/c1-16-14-27(11-6-12-29-15-17-7-3-2-4-8-17)21(26-16)20(28)18-9-5-10-19(13-18)22(23,24)25/h2-5,7-10,13-14H,6,11-12,15H2,1H3. The summed E-state index contributed by atoms with van der Waals surface area (Å²) < 4.78 is 46.1. The number of rotatable bonds is 8. The van der Waals surface area contributed by atoms with Crippen molar-refractivity contribution >= 4 is 5.78 Å². The maximum Gasteiger partial charge on any atom is 0.416 e. The highest BCUT2D eigenvalue weighted by Crippen LogP contribution is 2.30. The second kappa shape index (κ2) is 9.05. The number of nitrogens with zero attached hydrogens (tertiary/aromatic N) is 2. The minimum atomic E-state index is -4.50. The Hall–Kier alpha value is -2.93. The Morgan fingerprint density at radius 1 is 1.10 bits per heavy atom. The Morgan fingerprint density at radius 2 is 1.86 bits per heavy atom. The first-order chi connectivity index (χ1) is 13.8. The first-order valence-corrected chi connectivity index (χ1v) is 9.22. The molecule has 1 heterocycles. The molecule has 0 aliphatic heterocycles. The summed E-state index contributed by atoms with van der Waals surface area (Å²) in [6, 6.07) is 14.2. The monoisotopic (exact) mass is 402 g/mol. The minimum absolute atomic E-state index is 0.0352. The molecule has 3 rings (SSSR count). The van der Waals surface area contributed by atoms with Crippen LogP contribution in [0.5, 0.6) is 0 Å². The van der Waals surface area contributed by atoms with Gasteiger partial charge in [0.05, 0.1) is 17.9 Å². The van der Waals surface area contributed by atoms with E-state index in [0.717, 1.165) is 17.7 Å². The van der Waals surface area contributed by atoms with E-state index in [1.54, 1.807) is 17.7 Å². The number of alkyl halides is 3. The summed E-state index contributed by atoms with van der Waals surface area (Å²) in [7, 11) is 0. The molecule has 3 aromatic rings. The van der Waals surface area contributed by atoms with Gasteiger partial charge in [0, 0.05) is 24.9 Å². The molecule has 0 fully saturated rings. The Balaban J connectivity index is 1.63. The van der Waals surface area contributed by atoms with E-state index < -0.39 is 17.5 Å². The van der Waals surface area contributed by atoms with Gasteiger partial charge in [-0.2, -0.15) is 13.2 Å². The molecular weight excluding hydrogens is 381 g/mol. The fourth-order valence-corrected chi connectivity index (χ4v) is 2.97. The van der Waals surface area contributed by atoms with Gasteiger partial charge < -0.3 is 9.30 Å². The van der Waals surface area contributed by atoms with Gasteiger partial charge in [0.1, 0.15) is 0 Å². The molecule has 29 heavy (non-hydrogen) atoms. The molecule has 0 atom stereocenters. The van der Waals surface area contributed by atoms with E-state index in [0.29, 0.717) is 31.9 Å². The van der Waals surface area contributed by atoms with E-state index in [4.69, 9.17) is 4.74 Å². The molecule has 2 aromatic carbocycles. The van der Waals surface area contributed by atoms with E-state index in [-0.39, 0.29) is 11.4 Å². The predicted octanol–water partition coefficient (Wildman–Crippen LogP) is 5.05. The summed E-state index contributed by atoms with van der Waals surface area (Å²) in [6.07, 6.45) is -2.14. The average molecular weight is 402 g/mol. The number of carbonyl (C=O) groups is 1. The van der Waals surface area contributed by atoms with Gasteiger partial charge in [0.2, 0.25) is 5.78 Å². The molecule has 1 aromatic heterocycles. The topological polar surface area (TPSA) is 44.1 Å². The maximum atomic E-state index is 12.9. The van der Waals surface area contributed by atoms with Gasteiger partial charge in [-0.05, 0) is 31.0 Å². The van der Waals surface area contributed by atoms with Crippen LogP contribution in [-0.4, -0.2) is 21.9 Å². The van der Waals surface area contributed by atoms with Gasteiger partial charge in [-0.25, -0.2) is 4.98 Å². The van der Waals surface area contributed by atoms with E-state index in [2.05, 4.69) is 4.98 Å². The normalized spacial score (nSPS) is 11.6. The maximum absolute atomic E-state index is 12.9. The molecule has 7 heteroatoms. The van der Waals surface area contributed by atoms with E-state index in [9.17, 15) is 18.0 Å². The number of imidazole rings is 1. The lowest BCUT2D eigenvalue weighted by atomic mass is 10.1. The lowest BCUT2D eigenvalue weighted by Crippen LogP contribution is -2.14. The van der Waals surface area contributed by atoms with Crippen LogP contribution in [0, 0.1) is 6.92 Å². The summed E-state index contributed by atoms with van der Waals surface area (Å²) in [5, 5.41) is 0. The molecule has 0 unspecified atom stereocenters. The number of carbonyl (C=O) groups excluding carboxylic acids is 1. The highest BCUT2D eigenvalue weighted by molar-refractivity contribution is 6.06. The molecule has 0 amide bonds. The summed E-state index contributed by atoms with van der Waals surface area (Å²) in [4.78, 5) is 17.0. The van der Waals surface area contributed by atoms with Crippen LogP contribution >= 0.6 is 0 Å². The summed E-state index contributed by atoms with van der Waals surface area (Å²) in [5.41, 5.74) is 0.816. The molecule has 0 saturated carbocycles. The Morgan fingerprint density at radius 3 is 2.59 bits per heavy atom. The molecule has 4 nitrogen and oxygen atoms in total. The van der Waals surface area contributed by atoms with Crippen LogP contribution in [0.25, 0.3) is 0 Å². The number of halogens is 3. The molecule has 152 valence electrons. The number of ether oxygens (including phenoxy) is 1. The van der Waals surface area contributed by atoms with Crippen molar-refractivity contribution in [3.63, 3.8) is 0 Å². The number of aromatic nitrogens is 2. The number of hydrogen-bond acceptors (Lipinski definition) is 3.